The molecule has 5 unspecified atom stereocenters. The first-order valence-electron chi connectivity index (χ1n) is 10.0. The molecule has 2 aromatic rings. The normalized spacial score (nSPS) is 27.4. The summed E-state index contributed by atoms with van der Waals surface area (Å²) in [7, 11) is 4.66. The summed E-state index contributed by atoms with van der Waals surface area (Å²) in [5, 5.41) is 13.6. The van der Waals surface area contributed by atoms with Gasteiger partial charge >= 0.3 is 5.97 Å². The van der Waals surface area contributed by atoms with Crippen LogP contribution in [0.5, 0.6) is 17.2 Å². The van der Waals surface area contributed by atoms with Crippen molar-refractivity contribution in [1.82, 2.24) is 16.2 Å². The van der Waals surface area contributed by atoms with E-state index in [1.807, 2.05) is 6.07 Å². The number of aliphatic carboxylic acids is 1. The quantitative estimate of drug-likeness (QED) is 0.553. The molecule has 2 saturated heterocycles. The monoisotopic (exact) mass is 431 g/mol. The van der Waals surface area contributed by atoms with E-state index in [0.29, 0.717) is 23.7 Å². The van der Waals surface area contributed by atoms with Crippen molar-refractivity contribution in [2.75, 3.05) is 21.3 Å². The number of carboxylic acids is 1. The highest BCUT2D eigenvalue weighted by Crippen LogP contribution is 2.46. The number of carbonyl (C=O) groups is 1. The number of fused-ring (bicyclic) bond motifs is 1. The Morgan fingerprint density at radius 3 is 2.26 bits per heavy atom. The molecule has 0 bridgehead atoms. The van der Waals surface area contributed by atoms with Crippen LogP contribution in [0.25, 0.3) is 0 Å². The van der Waals surface area contributed by atoms with E-state index in [1.165, 1.54) is 12.1 Å². The SMILES string of the molecule is COc1cc(OC)c(C2CC(C(=O)O)C3C(NNC3c3ccc(F)cc3)N2)cc1OC. The minimum atomic E-state index is -0.876. The molecular weight excluding hydrogens is 405 g/mol. The zero-order valence-electron chi connectivity index (χ0n) is 17.5. The van der Waals surface area contributed by atoms with Gasteiger partial charge in [-0.2, -0.15) is 0 Å². The smallest absolute Gasteiger partial charge is 0.307 e. The highest BCUT2D eigenvalue weighted by molar-refractivity contribution is 5.71. The molecule has 0 aliphatic carbocycles. The Labute approximate surface area is 179 Å². The topological polar surface area (TPSA) is 101 Å². The first-order valence-corrected chi connectivity index (χ1v) is 10.0. The Bertz CT molecular complexity index is 955. The first-order chi connectivity index (χ1) is 15.0. The molecule has 4 rings (SSSR count). The van der Waals surface area contributed by atoms with Gasteiger partial charge in [-0.25, -0.2) is 15.2 Å². The number of benzene rings is 2. The second-order valence-electron chi connectivity index (χ2n) is 7.72. The minimum absolute atomic E-state index is 0.271. The standard InChI is InChI=1S/C22H26FN3O5/c1-29-16-10-18(31-3)17(30-2)9-13(16)15-8-14(22(27)28)19-20(25-26-21(19)24-15)11-4-6-12(23)7-5-11/h4-7,9-10,14-15,19-21,24-26H,8H2,1-3H3,(H,27,28). The van der Waals surface area contributed by atoms with E-state index in [9.17, 15) is 14.3 Å². The van der Waals surface area contributed by atoms with Crippen LogP contribution >= 0.6 is 0 Å². The van der Waals surface area contributed by atoms with Gasteiger partial charge in [-0.1, -0.05) is 12.1 Å². The molecular formula is C22H26FN3O5. The Morgan fingerprint density at radius 1 is 1.00 bits per heavy atom. The maximum atomic E-state index is 13.4. The van der Waals surface area contributed by atoms with Crippen LogP contribution in [0, 0.1) is 17.7 Å². The molecule has 9 heteroatoms. The Morgan fingerprint density at radius 2 is 1.65 bits per heavy atom. The average molecular weight is 431 g/mol. The van der Waals surface area contributed by atoms with Crippen LogP contribution in [-0.4, -0.2) is 38.6 Å². The van der Waals surface area contributed by atoms with Crippen LogP contribution in [0.1, 0.15) is 29.6 Å². The fourth-order valence-corrected chi connectivity index (χ4v) is 4.66. The molecule has 4 N–H and O–H groups in total. The maximum Gasteiger partial charge on any atom is 0.307 e. The summed E-state index contributed by atoms with van der Waals surface area (Å²) < 4.78 is 29.7. The van der Waals surface area contributed by atoms with Gasteiger partial charge in [-0.3, -0.25) is 10.1 Å². The van der Waals surface area contributed by atoms with Gasteiger partial charge in [0, 0.05) is 23.6 Å². The summed E-state index contributed by atoms with van der Waals surface area (Å²) in [6.45, 7) is 0. The molecule has 31 heavy (non-hydrogen) atoms. The summed E-state index contributed by atoms with van der Waals surface area (Å²) in [4.78, 5) is 12.3. The molecule has 2 fully saturated rings. The van der Waals surface area contributed by atoms with E-state index in [2.05, 4.69) is 16.2 Å². The first kappa shape index (κ1) is 21.4. The summed E-state index contributed by atoms with van der Waals surface area (Å²) in [6, 6.07) is 9.11. The van der Waals surface area contributed by atoms with Crippen molar-refractivity contribution in [2.24, 2.45) is 11.8 Å². The highest BCUT2D eigenvalue weighted by atomic mass is 19.1. The molecule has 0 saturated carbocycles. The van der Waals surface area contributed by atoms with E-state index >= 15 is 0 Å². The van der Waals surface area contributed by atoms with Crippen molar-refractivity contribution < 1.29 is 28.5 Å². The molecule has 5 atom stereocenters. The number of piperidine rings is 1. The van der Waals surface area contributed by atoms with Crippen molar-refractivity contribution in [1.29, 1.82) is 0 Å². The van der Waals surface area contributed by atoms with E-state index in [0.717, 1.165) is 11.1 Å². The fourth-order valence-electron chi connectivity index (χ4n) is 4.66. The van der Waals surface area contributed by atoms with Crippen LogP contribution in [-0.2, 0) is 4.79 Å². The molecule has 8 nitrogen and oxygen atoms in total. The summed E-state index contributed by atoms with van der Waals surface area (Å²) in [5.74, 6) is -0.475. The van der Waals surface area contributed by atoms with Gasteiger partial charge in [0.05, 0.1) is 39.5 Å². The summed E-state index contributed by atoms with van der Waals surface area (Å²) in [6.07, 6.45) is 0.0383. The van der Waals surface area contributed by atoms with Gasteiger partial charge < -0.3 is 19.3 Å². The third-order valence-corrected chi connectivity index (χ3v) is 6.16. The molecule has 2 aliphatic heterocycles. The third-order valence-electron chi connectivity index (χ3n) is 6.16. The van der Waals surface area contributed by atoms with Crippen molar-refractivity contribution in [3.05, 3.63) is 53.3 Å². The zero-order valence-corrected chi connectivity index (χ0v) is 17.5. The lowest BCUT2D eigenvalue weighted by Gasteiger charge is -2.39. The van der Waals surface area contributed by atoms with Gasteiger partial charge in [0.15, 0.2) is 11.5 Å². The lowest BCUT2D eigenvalue weighted by Crippen LogP contribution is -2.53. The molecule has 0 aromatic heterocycles. The predicted octanol–water partition coefficient (Wildman–Crippen LogP) is 2.38. The number of halogens is 1. The van der Waals surface area contributed by atoms with Crippen molar-refractivity contribution >= 4 is 5.97 Å². The number of ether oxygens (including phenoxy) is 3. The summed E-state index contributed by atoms with van der Waals surface area (Å²) >= 11 is 0. The minimum Gasteiger partial charge on any atom is -0.496 e. The van der Waals surface area contributed by atoms with E-state index in [4.69, 9.17) is 14.2 Å². The Balaban J connectivity index is 1.67. The Kier molecular flexibility index (Phi) is 5.99. The lowest BCUT2D eigenvalue weighted by molar-refractivity contribution is -0.146. The van der Waals surface area contributed by atoms with Gasteiger partial charge in [-0.15, -0.1) is 0 Å². The molecule has 0 radical (unpaired) electrons. The highest BCUT2D eigenvalue weighted by Gasteiger charge is 2.49. The number of rotatable bonds is 6. The van der Waals surface area contributed by atoms with Crippen LogP contribution in [0.3, 0.4) is 0 Å². The van der Waals surface area contributed by atoms with Crippen molar-refractivity contribution in [3.63, 3.8) is 0 Å². The summed E-state index contributed by atoms with van der Waals surface area (Å²) in [5.41, 5.74) is 7.99. The largest absolute Gasteiger partial charge is 0.496 e. The zero-order chi connectivity index (χ0) is 22.1. The van der Waals surface area contributed by atoms with E-state index < -0.39 is 11.9 Å². The van der Waals surface area contributed by atoms with Gasteiger partial charge in [0.25, 0.3) is 0 Å². The van der Waals surface area contributed by atoms with Crippen molar-refractivity contribution in [2.45, 2.75) is 24.7 Å². The molecule has 2 aliphatic rings. The number of hydrazine groups is 1. The number of hydrogen-bond acceptors (Lipinski definition) is 7. The fraction of sp³-hybridized carbons (Fsp3) is 0.409. The van der Waals surface area contributed by atoms with Crippen LogP contribution < -0.4 is 30.4 Å². The number of nitrogens with one attached hydrogen (secondary N) is 3. The van der Waals surface area contributed by atoms with Gasteiger partial charge in [-0.05, 0) is 30.2 Å². The molecule has 2 heterocycles. The number of carboxylic acid groups (broad SMARTS) is 1. The van der Waals surface area contributed by atoms with Gasteiger partial charge in [0.1, 0.15) is 11.6 Å². The molecule has 0 amide bonds. The lowest BCUT2D eigenvalue weighted by atomic mass is 9.74. The number of hydrogen-bond donors (Lipinski definition) is 4. The maximum absolute atomic E-state index is 13.4. The predicted molar refractivity (Wildman–Crippen MR) is 110 cm³/mol. The second-order valence-corrected chi connectivity index (χ2v) is 7.72. The van der Waals surface area contributed by atoms with Crippen LogP contribution in [0.15, 0.2) is 36.4 Å². The van der Waals surface area contributed by atoms with Crippen LogP contribution in [0.2, 0.25) is 0 Å². The molecule has 166 valence electrons. The third kappa shape index (κ3) is 3.91. The van der Waals surface area contributed by atoms with Gasteiger partial charge in [0.2, 0.25) is 0 Å². The van der Waals surface area contributed by atoms with E-state index in [1.54, 1.807) is 39.5 Å². The number of methoxy groups -OCH3 is 3. The van der Waals surface area contributed by atoms with Crippen LogP contribution in [0.4, 0.5) is 4.39 Å². The average Bonchev–Trinajstić information content (AvgIpc) is 3.21. The van der Waals surface area contributed by atoms with E-state index in [-0.39, 0.29) is 30.0 Å². The van der Waals surface area contributed by atoms with Crippen molar-refractivity contribution in [3.8, 4) is 17.2 Å². The Hall–Kier alpha value is -2.88. The second kappa shape index (κ2) is 8.70. The molecule has 0 spiro atoms. The molecule has 2 aromatic carbocycles.